The Morgan fingerprint density at radius 3 is 1.26 bits per heavy atom. The summed E-state index contributed by atoms with van der Waals surface area (Å²) in [6.45, 7) is -1.66. The topological polar surface area (TPSA) is 229 Å². The van der Waals surface area contributed by atoms with Gasteiger partial charge >= 0.3 is 41.1 Å². The summed E-state index contributed by atoms with van der Waals surface area (Å²) in [5.41, 5.74) is -3.15. The second-order valence-corrected chi connectivity index (χ2v) is 37.6. The number of hydrogen-bond donors (Lipinski definition) is 1. The number of halogens is 5. The molecule has 12 bridgehead atoms. The van der Waals surface area contributed by atoms with Crippen molar-refractivity contribution < 1.29 is 99.2 Å². The second kappa shape index (κ2) is 36.5. The van der Waals surface area contributed by atoms with Gasteiger partial charge in [0.15, 0.2) is 42.6 Å². The van der Waals surface area contributed by atoms with Gasteiger partial charge in [0.05, 0.1) is 55.7 Å². The van der Waals surface area contributed by atoms with Gasteiger partial charge in [0.25, 0.3) is 5.92 Å². The fourth-order valence-corrected chi connectivity index (χ4v) is 25.1. The molecule has 12 aliphatic carbocycles. The first-order valence-corrected chi connectivity index (χ1v) is 42.2. The first kappa shape index (κ1) is 84.2. The molecule has 12 saturated carbocycles. The lowest BCUT2D eigenvalue weighted by atomic mass is 8.97. The molecular weight excluding hydrogens is 1530 g/mol. The SMILES string of the molecule is CC(F)(F)COC(=O)C12CC3CC(CC(O)(C3)C1)C2.O=C(CCl)OC1C2CC3C(=O)OC1C3C2.O=C(COC12CC3CC(C1)CC(C(=O)OCC(F)(F)SOO[O-])(C3)C2)OC1C2CC3C(=O)OC1C3C2.[B][B]B([B])[B].c1ccc([S+](c2ccccc2)c2ccccc2)cc1.c1ccc([S+](c2ccccc2)c2ccccc2)cc1. The molecule has 2 heterocycles. The van der Waals surface area contributed by atoms with Crippen LogP contribution in [0.15, 0.2) is 211 Å². The number of ether oxygens (including phenoxy) is 7. The summed E-state index contributed by atoms with van der Waals surface area (Å²) in [5.74, 6) is -3.81. The van der Waals surface area contributed by atoms with Crippen LogP contribution in [0, 0.1) is 70.0 Å². The van der Waals surface area contributed by atoms with Crippen molar-refractivity contribution in [3.8, 4) is 0 Å². The highest BCUT2D eigenvalue weighted by molar-refractivity contribution is 7.97. The lowest BCUT2D eigenvalue weighted by Crippen LogP contribution is -2.60. The van der Waals surface area contributed by atoms with Gasteiger partial charge in [-0.05, 0) is 199 Å². The number of esters is 6. The third-order valence-corrected chi connectivity index (χ3v) is 29.1. The standard InChI is InChI=1S/C23H28F2O10S.2C18H15S.C14H20F2O3.C10H11ClO4.B5/c24-23(25,36-35-34-29)10-30-20(28)21-4-11-1-12(5-21)7-22(6-11,9-21)31-8-16(26)32-17-13-2-14-15(3-13)19(27)33-18(14)17;2*1-4-10-16(11-5-1)19(17-12-6-2-7-13-17)18-14-8-3-9-15-18;1-12(15,16)8-19-11(17)13-3-9-2-10(4-13)6-14(18,5-9)7-13;11-3-7(12)14-8-4-1-5-6(2-4)10(13)15-9(5)8;1-4-5(2)3/h11-15,17-18,29H,1-10H2;2*1-15H;9-10,18H,2-8H2,1H3;4-6,8-9H,1-3H2;/q;2*+1;;;/p-1. The molecule has 7 radical (unpaired) electrons. The van der Waals surface area contributed by atoms with Crippen molar-refractivity contribution in [2.45, 2.75) is 186 Å². The Morgan fingerprint density at radius 1 is 0.558 bits per heavy atom. The highest BCUT2D eigenvalue weighted by Gasteiger charge is 2.67. The molecule has 0 amide bonds. The summed E-state index contributed by atoms with van der Waals surface area (Å²) >= 11 is 4.86. The number of carbonyl (C=O) groups is 6. The molecule has 2 saturated heterocycles. The lowest BCUT2D eigenvalue weighted by molar-refractivity contribution is -0.777. The van der Waals surface area contributed by atoms with Gasteiger partial charge in [0.1, 0.15) is 48.9 Å². The molecule has 0 spiro atoms. The smallest absolute Gasteiger partial charge is 0.354 e. The molecule has 17 nitrogen and oxygen atoms in total. The quantitative estimate of drug-likeness (QED) is 0.00766. The van der Waals surface area contributed by atoms with Crippen molar-refractivity contribution in [2.75, 3.05) is 25.7 Å². The molecule has 30 heteroatoms. The number of alkyl halides is 5. The van der Waals surface area contributed by atoms with E-state index in [4.69, 9.17) is 68.0 Å². The Morgan fingerprint density at radius 2 is 0.912 bits per heavy atom. The fourth-order valence-electron chi connectivity index (χ4n) is 20.6. The zero-order chi connectivity index (χ0) is 79.9. The van der Waals surface area contributed by atoms with Crippen LogP contribution in [0.1, 0.15) is 110 Å². The minimum Gasteiger partial charge on any atom is -0.691 e. The predicted octanol–water partition coefficient (Wildman–Crippen LogP) is 12.7. The molecule has 14 unspecified atom stereocenters. The highest BCUT2D eigenvalue weighted by atomic mass is 35.5. The monoisotopic (exact) mass is 1620 g/mol. The molecular formula is C83H88B5ClF4O17S3+. The van der Waals surface area contributed by atoms with Gasteiger partial charge in [0.2, 0.25) is 0 Å². The molecule has 6 aromatic carbocycles. The van der Waals surface area contributed by atoms with Gasteiger partial charge in [0, 0.05) is 67.3 Å². The van der Waals surface area contributed by atoms with Crippen molar-refractivity contribution in [1.82, 2.24) is 0 Å². The Labute approximate surface area is 676 Å². The van der Waals surface area contributed by atoms with E-state index in [0.29, 0.717) is 69.1 Å². The lowest BCUT2D eigenvalue weighted by Gasteiger charge is -2.60. The number of carbonyl (C=O) groups excluding carboxylic acids is 6. The molecule has 14 fully saturated rings. The van der Waals surface area contributed by atoms with Gasteiger partial charge in [-0.1, -0.05) is 109 Å². The van der Waals surface area contributed by atoms with E-state index in [9.17, 15) is 56.7 Å². The Bertz CT molecular complexity index is 3890. The molecule has 589 valence electrons. The van der Waals surface area contributed by atoms with Crippen LogP contribution in [-0.4, -0.2) is 150 Å². The second-order valence-electron chi connectivity index (χ2n) is 32.4. The van der Waals surface area contributed by atoms with Crippen molar-refractivity contribution in [3.05, 3.63) is 182 Å². The van der Waals surface area contributed by atoms with Crippen LogP contribution in [0.25, 0.3) is 0 Å². The van der Waals surface area contributed by atoms with E-state index in [1.165, 1.54) is 36.4 Å². The normalized spacial score (nSPS) is 31.3. The van der Waals surface area contributed by atoms with E-state index in [1.54, 1.807) is 0 Å². The van der Waals surface area contributed by atoms with Crippen LogP contribution in [-0.2, 0) is 93.1 Å². The average Bonchev–Trinajstić information content (AvgIpc) is 1.25. The Kier molecular flexibility index (Phi) is 27.2. The summed E-state index contributed by atoms with van der Waals surface area (Å²) in [5, 5.41) is 19.6. The number of fused-ring (bicyclic) bond motifs is 2. The zero-order valence-corrected chi connectivity index (χ0v) is 65.7. The number of benzene rings is 6. The van der Waals surface area contributed by atoms with Crippen molar-refractivity contribution in [2.24, 2.45) is 70.0 Å². The largest absolute Gasteiger partial charge is 0.691 e. The fraction of sp³-hybridized carbons (Fsp3) is 0.494. The van der Waals surface area contributed by atoms with E-state index in [-0.39, 0.29) is 112 Å². The molecule has 113 heavy (non-hydrogen) atoms. The van der Waals surface area contributed by atoms with Crippen LogP contribution in [0.5, 0.6) is 0 Å². The van der Waals surface area contributed by atoms with Gasteiger partial charge in [-0.25, -0.2) is 13.6 Å². The van der Waals surface area contributed by atoms with Gasteiger partial charge in [-0.3, -0.25) is 29.0 Å². The van der Waals surface area contributed by atoms with E-state index >= 15 is 0 Å². The average molecular weight is 1620 g/mol. The predicted molar refractivity (Wildman–Crippen MR) is 417 cm³/mol. The summed E-state index contributed by atoms with van der Waals surface area (Å²) in [6, 6.07) is 64.3. The van der Waals surface area contributed by atoms with Crippen LogP contribution in [0.4, 0.5) is 17.6 Å². The number of aliphatic hydroxyl groups is 1. The molecule has 6 aromatic rings. The summed E-state index contributed by atoms with van der Waals surface area (Å²) in [7, 11) is 15.8. The Balaban J connectivity index is 0.000000126. The number of hydrogen-bond acceptors (Lipinski definition) is 18. The molecule has 14 aliphatic rings. The van der Waals surface area contributed by atoms with E-state index in [1.807, 2.05) is 0 Å². The molecule has 1 N–H and O–H groups in total. The molecule has 14 atom stereocenters. The summed E-state index contributed by atoms with van der Waals surface area (Å²) in [6.07, 6.45) is 9.50. The first-order valence-electron chi connectivity index (χ1n) is 38.5. The van der Waals surface area contributed by atoms with E-state index in [2.05, 4.69) is 191 Å². The minimum atomic E-state index is -3.65. The number of rotatable bonds is 22. The van der Waals surface area contributed by atoms with Gasteiger partial charge < -0.3 is 43.5 Å². The van der Waals surface area contributed by atoms with E-state index in [0.717, 1.165) is 51.9 Å². The van der Waals surface area contributed by atoms with Gasteiger partial charge in [-0.2, -0.15) is 13.1 Å². The Hall–Kier alpha value is -6.68. The maximum atomic E-state index is 13.8. The van der Waals surface area contributed by atoms with Crippen LogP contribution < -0.4 is 5.26 Å². The third kappa shape index (κ3) is 20.1. The zero-order valence-electron chi connectivity index (χ0n) is 62.5. The first-order chi connectivity index (χ1) is 54.2. The minimum absolute atomic E-state index is 0.0146. The van der Waals surface area contributed by atoms with Crippen molar-refractivity contribution >= 4 is 118 Å². The van der Waals surface area contributed by atoms with Crippen LogP contribution in [0.2, 0.25) is 0 Å². The maximum Gasteiger partial charge on any atom is 0.354 e. The van der Waals surface area contributed by atoms with E-state index < -0.39 is 94.8 Å². The highest BCUT2D eigenvalue weighted by Crippen LogP contribution is 2.65. The third-order valence-electron chi connectivity index (χ3n) is 24.0. The maximum absolute atomic E-state index is 13.8. The molecule has 0 aromatic heterocycles. The summed E-state index contributed by atoms with van der Waals surface area (Å²) in [4.78, 5) is 80.6. The van der Waals surface area contributed by atoms with Crippen LogP contribution >= 0.6 is 23.6 Å². The molecule has 2 aliphatic heterocycles. The van der Waals surface area contributed by atoms with Gasteiger partial charge in [-0.15, -0.1) is 11.6 Å². The van der Waals surface area contributed by atoms with Crippen molar-refractivity contribution in [3.63, 3.8) is 0 Å². The van der Waals surface area contributed by atoms with Crippen molar-refractivity contribution in [1.29, 1.82) is 0 Å². The molecule has 20 rings (SSSR count). The summed E-state index contributed by atoms with van der Waals surface area (Å²) < 4.78 is 94.4. The van der Waals surface area contributed by atoms with Crippen LogP contribution in [0.3, 0.4) is 0 Å².